The second kappa shape index (κ2) is 9.66. The number of carbonyl (C=O) groups is 1. The Morgan fingerprint density at radius 2 is 2.00 bits per heavy atom. The molecule has 0 saturated carbocycles. The van der Waals surface area contributed by atoms with Crippen molar-refractivity contribution < 1.29 is 17.9 Å². The molecule has 4 heterocycles. The average Bonchev–Trinajstić information content (AvgIpc) is 3.61. The van der Waals surface area contributed by atoms with Crippen LogP contribution in [0.4, 0.5) is 5.13 Å². The average molecular weight is 520 g/mol. The van der Waals surface area contributed by atoms with Crippen LogP contribution in [0.5, 0.6) is 0 Å². The molecule has 1 aromatic carbocycles. The topological polar surface area (TPSA) is 79.8 Å². The number of amides is 1. The predicted octanol–water partition coefficient (Wildman–Crippen LogP) is 4.59. The highest BCUT2D eigenvalue weighted by atomic mass is 32.2. The highest BCUT2D eigenvalue weighted by Crippen LogP contribution is 2.35. The molecule has 2 aliphatic heterocycles. The van der Waals surface area contributed by atoms with Crippen LogP contribution in [0.15, 0.2) is 33.9 Å². The van der Waals surface area contributed by atoms with Crippen molar-refractivity contribution in [3.8, 4) is 0 Å². The summed E-state index contributed by atoms with van der Waals surface area (Å²) in [6.45, 7) is 6.05. The molecule has 1 atom stereocenters. The molecule has 0 spiro atoms. The number of fused-ring (bicyclic) bond motifs is 1. The van der Waals surface area contributed by atoms with Gasteiger partial charge in [-0.05, 0) is 68.2 Å². The maximum Gasteiger partial charge on any atom is 0.252 e. The number of piperidine rings is 1. The molecule has 2 aliphatic rings. The van der Waals surface area contributed by atoms with E-state index in [1.54, 1.807) is 28.8 Å². The molecule has 1 unspecified atom stereocenters. The van der Waals surface area contributed by atoms with Gasteiger partial charge in [-0.1, -0.05) is 23.5 Å². The number of hydrogen-bond donors (Lipinski definition) is 0. The molecule has 7 nitrogen and oxygen atoms in total. The van der Waals surface area contributed by atoms with Crippen molar-refractivity contribution in [2.45, 2.75) is 49.8 Å². The summed E-state index contributed by atoms with van der Waals surface area (Å²) in [5.74, 6) is -0.205. The third-order valence-electron chi connectivity index (χ3n) is 6.87. The first-order valence-electron chi connectivity index (χ1n) is 11.7. The van der Waals surface area contributed by atoms with E-state index in [2.05, 4.69) is 26.0 Å². The minimum Gasteiger partial charge on any atom is -0.376 e. The fraction of sp³-hybridized carbons (Fsp3) is 0.500. The zero-order chi connectivity index (χ0) is 23.9. The predicted molar refractivity (Wildman–Crippen MR) is 136 cm³/mol. The molecule has 5 rings (SSSR count). The SMILES string of the molecule is Cc1ccc2sc(N(CC3CCCO3)C(=O)C3CCN(S(=O)(=O)c4cccs4)CC3)nc2c1C. The van der Waals surface area contributed by atoms with E-state index in [9.17, 15) is 13.2 Å². The molecular weight excluding hydrogens is 490 g/mol. The van der Waals surface area contributed by atoms with Gasteiger partial charge < -0.3 is 4.74 Å². The molecule has 34 heavy (non-hydrogen) atoms. The van der Waals surface area contributed by atoms with Crippen molar-refractivity contribution in [2.75, 3.05) is 31.1 Å². The summed E-state index contributed by atoms with van der Waals surface area (Å²) < 4.78 is 34.6. The number of sulfonamides is 1. The number of thiophene rings is 1. The van der Waals surface area contributed by atoms with Crippen molar-refractivity contribution >= 4 is 54.0 Å². The summed E-state index contributed by atoms with van der Waals surface area (Å²) >= 11 is 2.77. The highest BCUT2D eigenvalue weighted by molar-refractivity contribution is 7.91. The Labute approximate surface area is 208 Å². The van der Waals surface area contributed by atoms with E-state index in [4.69, 9.17) is 9.72 Å². The number of benzene rings is 1. The van der Waals surface area contributed by atoms with Crippen molar-refractivity contribution in [2.24, 2.45) is 5.92 Å². The van der Waals surface area contributed by atoms with Crippen LogP contribution in [-0.4, -0.2) is 56.0 Å². The Bertz CT molecular complexity index is 1270. The molecule has 2 fully saturated rings. The van der Waals surface area contributed by atoms with E-state index in [1.165, 1.54) is 21.2 Å². The van der Waals surface area contributed by atoms with Crippen LogP contribution in [-0.2, 0) is 19.6 Å². The minimum absolute atomic E-state index is 0.0121. The molecule has 10 heteroatoms. The van der Waals surface area contributed by atoms with Crippen LogP contribution in [0, 0.1) is 19.8 Å². The van der Waals surface area contributed by atoms with Gasteiger partial charge in [0.15, 0.2) is 5.13 Å². The number of aryl methyl sites for hydroxylation is 2. The van der Waals surface area contributed by atoms with Gasteiger partial charge in [-0.3, -0.25) is 9.69 Å². The zero-order valence-electron chi connectivity index (χ0n) is 19.4. The van der Waals surface area contributed by atoms with Crippen molar-refractivity contribution in [1.82, 2.24) is 9.29 Å². The van der Waals surface area contributed by atoms with Crippen LogP contribution >= 0.6 is 22.7 Å². The Morgan fingerprint density at radius 1 is 1.21 bits per heavy atom. The first-order chi connectivity index (χ1) is 16.3. The number of hydrogen-bond acceptors (Lipinski definition) is 7. The number of carbonyl (C=O) groups excluding carboxylic acids is 1. The number of thiazole rings is 1. The summed E-state index contributed by atoms with van der Waals surface area (Å²) in [6, 6.07) is 7.55. The Balaban J connectivity index is 1.37. The quantitative estimate of drug-likeness (QED) is 0.476. The Hall–Kier alpha value is -1.85. The second-order valence-corrected chi connectivity index (χ2v) is 13.2. The molecular formula is C24H29N3O4S3. The van der Waals surface area contributed by atoms with Gasteiger partial charge in [-0.15, -0.1) is 11.3 Å². The minimum atomic E-state index is -3.49. The zero-order valence-corrected chi connectivity index (χ0v) is 21.8. The van der Waals surface area contributed by atoms with Gasteiger partial charge in [0, 0.05) is 25.6 Å². The largest absolute Gasteiger partial charge is 0.376 e. The van der Waals surface area contributed by atoms with E-state index in [-0.39, 0.29) is 17.9 Å². The van der Waals surface area contributed by atoms with E-state index in [0.717, 1.165) is 35.2 Å². The molecule has 0 N–H and O–H groups in total. The normalized spacial score (nSPS) is 20.2. The van der Waals surface area contributed by atoms with Crippen molar-refractivity contribution in [3.05, 3.63) is 40.8 Å². The van der Waals surface area contributed by atoms with Crippen LogP contribution in [0.25, 0.3) is 10.2 Å². The lowest BCUT2D eigenvalue weighted by atomic mass is 9.96. The maximum atomic E-state index is 13.8. The number of rotatable bonds is 6. The lowest BCUT2D eigenvalue weighted by Gasteiger charge is -2.33. The van der Waals surface area contributed by atoms with E-state index >= 15 is 0 Å². The summed E-state index contributed by atoms with van der Waals surface area (Å²) in [6.07, 6.45) is 2.97. The summed E-state index contributed by atoms with van der Waals surface area (Å²) in [7, 11) is -3.49. The number of aromatic nitrogens is 1. The second-order valence-electron chi connectivity index (χ2n) is 9.04. The lowest BCUT2D eigenvalue weighted by Crippen LogP contribution is -2.46. The monoisotopic (exact) mass is 519 g/mol. The first kappa shape index (κ1) is 23.9. The van der Waals surface area contributed by atoms with Crippen molar-refractivity contribution in [3.63, 3.8) is 0 Å². The molecule has 2 saturated heterocycles. The summed E-state index contributed by atoms with van der Waals surface area (Å²) in [5, 5.41) is 2.48. The first-order valence-corrected chi connectivity index (χ1v) is 14.8. The van der Waals surface area contributed by atoms with E-state index < -0.39 is 10.0 Å². The molecule has 182 valence electrons. The van der Waals surface area contributed by atoms with Gasteiger partial charge in [-0.25, -0.2) is 13.4 Å². The number of anilines is 1. The van der Waals surface area contributed by atoms with Crippen LogP contribution in [0.2, 0.25) is 0 Å². The molecule has 3 aromatic rings. The van der Waals surface area contributed by atoms with Gasteiger partial charge in [0.2, 0.25) is 5.91 Å². The lowest BCUT2D eigenvalue weighted by molar-refractivity contribution is -0.123. The third kappa shape index (κ3) is 4.54. The van der Waals surface area contributed by atoms with Gasteiger partial charge >= 0.3 is 0 Å². The van der Waals surface area contributed by atoms with Crippen LogP contribution < -0.4 is 4.90 Å². The third-order valence-corrected chi connectivity index (χ3v) is 11.2. The van der Waals surface area contributed by atoms with E-state index in [1.807, 2.05) is 4.90 Å². The molecule has 0 radical (unpaired) electrons. The fourth-order valence-electron chi connectivity index (χ4n) is 4.69. The molecule has 2 aromatic heterocycles. The molecule has 0 aliphatic carbocycles. The number of nitrogens with zero attached hydrogens (tertiary/aromatic N) is 3. The van der Waals surface area contributed by atoms with Crippen molar-refractivity contribution in [1.29, 1.82) is 0 Å². The fourth-order valence-corrected chi connectivity index (χ4v) is 8.34. The van der Waals surface area contributed by atoms with Gasteiger partial charge in [0.05, 0.1) is 22.9 Å². The Kier molecular flexibility index (Phi) is 6.78. The summed E-state index contributed by atoms with van der Waals surface area (Å²) in [5.41, 5.74) is 3.26. The molecule has 1 amide bonds. The maximum absolute atomic E-state index is 13.8. The highest BCUT2D eigenvalue weighted by Gasteiger charge is 2.36. The van der Waals surface area contributed by atoms with E-state index in [0.29, 0.717) is 41.8 Å². The van der Waals surface area contributed by atoms with Gasteiger partial charge in [0.25, 0.3) is 10.0 Å². The Morgan fingerprint density at radius 3 is 2.68 bits per heavy atom. The molecule has 0 bridgehead atoms. The van der Waals surface area contributed by atoms with Crippen LogP contribution in [0.3, 0.4) is 0 Å². The van der Waals surface area contributed by atoms with Crippen LogP contribution in [0.1, 0.15) is 36.8 Å². The number of ether oxygens (including phenoxy) is 1. The standard InChI is InChI=1S/C24H29N3O4S3/c1-16-7-8-20-22(17(16)2)25-24(33-20)27(15-19-5-3-13-31-19)23(28)18-9-11-26(12-10-18)34(29,30)21-6-4-14-32-21/h4,6-8,14,18-19H,3,5,9-13,15H2,1-2H3. The van der Waals surface area contributed by atoms with Gasteiger partial charge in [-0.2, -0.15) is 4.31 Å². The summed E-state index contributed by atoms with van der Waals surface area (Å²) in [4.78, 5) is 20.5. The van der Waals surface area contributed by atoms with Gasteiger partial charge in [0.1, 0.15) is 4.21 Å². The smallest absolute Gasteiger partial charge is 0.252 e.